The predicted octanol–water partition coefficient (Wildman–Crippen LogP) is 0.745. The van der Waals surface area contributed by atoms with Crippen molar-refractivity contribution in [3.63, 3.8) is 0 Å². The van der Waals surface area contributed by atoms with Gasteiger partial charge in [-0.15, -0.1) is 0 Å². The molecule has 0 aromatic carbocycles. The lowest BCUT2D eigenvalue weighted by atomic mass is 10.1. The van der Waals surface area contributed by atoms with Gasteiger partial charge in [0, 0.05) is 38.1 Å². The van der Waals surface area contributed by atoms with Gasteiger partial charge in [0.15, 0.2) is 0 Å². The van der Waals surface area contributed by atoms with E-state index >= 15 is 0 Å². The molecule has 1 aromatic rings. The summed E-state index contributed by atoms with van der Waals surface area (Å²) in [4.78, 5) is 2.45. The molecule has 2 aliphatic rings. The molecular weight excluding hydrogens is 242 g/mol. The second kappa shape index (κ2) is 6.03. The van der Waals surface area contributed by atoms with E-state index in [4.69, 9.17) is 4.74 Å². The van der Waals surface area contributed by atoms with E-state index in [1.54, 1.807) is 10.9 Å². The minimum Gasteiger partial charge on any atom is -0.390 e. The van der Waals surface area contributed by atoms with Crippen molar-refractivity contribution >= 4 is 0 Å². The number of aliphatic hydroxyl groups excluding tert-OH is 1. The molecule has 0 spiro atoms. The molecule has 1 saturated carbocycles. The number of rotatable bonds is 7. The van der Waals surface area contributed by atoms with Gasteiger partial charge in [-0.1, -0.05) is 0 Å². The molecule has 2 fully saturated rings. The number of aromatic nitrogens is 2. The van der Waals surface area contributed by atoms with Crippen LogP contribution in [0.25, 0.3) is 0 Å². The Morgan fingerprint density at radius 1 is 1.42 bits per heavy atom. The molecule has 0 amide bonds. The summed E-state index contributed by atoms with van der Waals surface area (Å²) in [5, 5.41) is 14.4. The average molecular weight is 265 g/mol. The van der Waals surface area contributed by atoms with E-state index in [9.17, 15) is 5.11 Å². The number of ether oxygens (including phenoxy) is 1. The van der Waals surface area contributed by atoms with E-state index < -0.39 is 0 Å². The van der Waals surface area contributed by atoms with Crippen LogP contribution in [0.15, 0.2) is 18.5 Å². The molecule has 5 heteroatoms. The Morgan fingerprint density at radius 3 is 2.95 bits per heavy atom. The first-order valence-corrected chi connectivity index (χ1v) is 7.28. The lowest BCUT2D eigenvalue weighted by Crippen LogP contribution is -2.39. The van der Waals surface area contributed by atoms with Gasteiger partial charge in [0.25, 0.3) is 0 Å². The van der Waals surface area contributed by atoms with E-state index in [2.05, 4.69) is 10.00 Å². The van der Waals surface area contributed by atoms with Crippen LogP contribution >= 0.6 is 0 Å². The fourth-order valence-corrected chi connectivity index (χ4v) is 2.82. The van der Waals surface area contributed by atoms with Crippen molar-refractivity contribution < 1.29 is 9.84 Å². The quantitative estimate of drug-likeness (QED) is 0.790. The SMILES string of the molecule is O[C@H](CN(C[C@H]1CCOC1)C1CC1)Cn1cccn1. The largest absolute Gasteiger partial charge is 0.390 e. The Bertz CT molecular complexity index is 372. The fraction of sp³-hybridized carbons (Fsp3) is 0.786. The molecule has 2 atom stereocenters. The van der Waals surface area contributed by atoms with Gasteiger partial charge < -0.3 is 9.84 Å². The van der Waals surface area contributed by atoms with Crippen LogP contribution in [0.3, 0.4) is 0 Å². The van der Waals surface area contributed by atoms with Crippen LogP contribution in [0.2, 0.25) is 0 Å². The van der Waals surface area contributed by atoms with Gasteiger partial charge in [0.05, 0.1) is 19.3 Å². The molecule has 19 heavy (non-hydrogen) atoms. The summed E-state index contributed by atoms with van der Waals surface area (Å²) in [6.45, 7) is 4.19. The van der Waals surface area contributed by atoms with Crippen molar-refractivity contribution in [1.82, 2.24) is 14.7 Å². The lowest BCUT2D eigenvalue weighted by molar-refractivity contribution is 0.0800. The van der Waals surface area contributed by atoms with Crippen LogP contribution in [0, 0.1) is 5.92 Å². The highest BCUT2D eigenvalue weighted by Gasteiger charge is 2.32. The van der Waals surface area contributed by atoms with Gasteiger partial charge in [-0.05, 0) is 31.2 Å². The number of aliphatic hydroxyl groups is 1. The fourth-order valence-electron chi connectivity index (χ4n) is 2.82. The first-order valence-electron chi connectivity index (χ1n) is 7.28. The second-order valence-electron chi connectivity index (χ2n) is 5.80. The summed E-state index contributed by atoms with van der Waals surface area (Å²) in [5.41, 5.74) is 0. The van der Waals surface area contributed by atoms with Crippen molar-refractivity contribution in [3.8, 4) is 0 Å². The highest BCUT2D eigenvalue weighted by molar-refractivity contribution is 4.88. The minimum atomic E-state index is -0.345. The van der Waals surface area contributed by atoms with E-state index in [1.807, 2.05) is 12.3 Å². The number of hydrogen-bond acceptors (Lipinski definition) is 4. The van der Waals surface area contributed by atoms with Crippen LogP contribution in [-0.2, 0) is 11.3 Å². The molecule has 106 valence electrons. The molecule has 1 aromatic heterocycles. The Hall–Kier alpha value is -0.910. The molecule has 1 aliphatic carbocycles. The number of hydrogen-bond donors (Lipinski definition) is 1. The van der Waals surface area contributed by atoms with Crippen LogP contribution in [0.4, 0.5) is 0 Å². The molecule has 0 radical (unpaired) electrons. The Morgan fingerprint density at radius 2 is 2.32 bits per heavy atom. The lowest BCUT2D eigenvalue weighted by Gasteiger charge is -2.27. The predicted molar refractivity (Wildman–Crippen MR) is 71.8 cm³/mol. The van der Waals surface area contributed by atoms with Crippen LogP contribution in [-0.4, -0.2) is 58.2 Å². The van der Waals surface area contributed by atoms with Crippen LogP contribution in [0.5, 0.6) is 0 Å². The molecule has 3 rings (SSSR count). The summed E-state index contributed by atoms with van der Waals surface area (Å²) in [7, 11) is 0. The van der Waals surface area contributed by atoms with E-state index in [-0.39, 0.29) is 6.10 Å². The van der Waals surface area contributed by atoms with E-state index in [1.165, 1.54) is 19.3 Å². The normalized spacial score (nSPS) is 25.1. The zero-order valence-corrected chi connectivity index (χ0v) is 11.3. The summed E-state index contributed by atoms with van der Waals surface area (Å²) in [6.07, 6.45) is 7.03. The monoisotopic (exact) mass is 265 g/mol. The van der Waals surface area contributed by atoms with Crippen molar-refractivity contribution in [3.05, 3.63) is 18.5 Å². The average Bonchev–Trinajstić information content (AvgIpc) is 2.87. The Balaban J connectivity index is 1.49. The standard InChI is InChI=1S/C14H23N3O2/c18-14(10-17-6-1-5-15-17)9-16(13-2-3-13)8-12-4-7-19-11-12/h1,5-6,12-14,18H,2-4,7-11H2/t12-,14-/m1/s1. The highest BCUT2D eigenvalue weighted by atomic mass is 16.5. The third-order valence-electron chi connectivity index (χ3n) is 3.98. The Labute approximate surface area is 114 Å². The van der Waals surface area contributed by atoms with Crippen molar-refractivity contribution in [1.29, 1.82) is 0 Å². The van der Waals surface area contributed by atoms with Crippen LogP contribution in [0.1, 0.15) is 19.3 Å². The van der Waals surface area contributed by atoms with E-state index in [0.29, 0.717) is 18.5 Å². The summed E-state index contributed by atoms with van der Waals surface area (Å²) in [5.74, 6) is 0.650. The smallest absolute Gasteiger partial charge is 0.0862 e. The van der Waals surface area contributed by atoms with Crippen molar-refractivity contribution in [2.45, 2.75) is 38.0 Å². The number of nitrogens with zero attached hydrogens (tertiary/aromatic N) is 3. The maximum Gasteiger partial charge on any atom is 0.0862 e. The van der Waals surface area contributed by atoms with Crippen molar-refractivity contribution in [2.24, 2.45) is 5.92 Å². The zero-order chi connectivity index (χ0) is 13.1. The Kier molecular flexibility index (Phi) is 4.15. The molecule has 0 unspecified atom stereocenters. The second-order valence-corrected chi connectivity index (χ2v) is 5.80. The van der Waals surface area contributed by atoms with Gasteiger partial charge in [-0.25, -0.2) is 0 Å². The maximum absolute atomic E-state index is 10.2. The maximum atomic E-state index is 10.2. The summed E-state index contributed by atoms with van der Waals surface area (Å²) < 4.78 is 7.25. The first kappa shape index (κ1) is 13.1. The van der Waals surface area contributed by atoms with Gasteiger partial charge in [0.1, 0.15) is 0 Å². The van der Waals surface area contributed by atoms with E-state index in [0.717, 1.165) is 26.3 Å². The highest BCUT2D eigenvalue weighted by Crippen LogP contribution is 2.29. The topological polar surface area (TPSA) is 50.5 Å². The summed E-state index contributed by atoms with van der Waals surface area (Å²) >= 11 is 0. The third kappa shape index (κ3) is 3.78. The molecule has 0 bridgehead atoms. The molecular formula is C14H23N3O2. The molecule has 1 aliphatic heterocycles. The summed E-state index contributed by atoms with van der Waals surface area (Å²) in [6, 6.07) is 2.58. The molecule has 1 N–H and O–H groups in total. The van der Waals surface area contributed by atoms with Crippen LogP contribution < -0.4 is 0 Å². The molecule has 2 heterocycles. The van der Waals surface area contributed by atoms with Crippen molar-refractivity contribution in [2.75, 3.05) is 26.3 Å². The zero-order valence-electron chi connectivity index (χ0n) is 11.3. The molecule has 1 saturated heterocycles. The van der Waals surface area contributed by atoms with Gasteiger partial charge in [-0.3, -0.25) is 9.58 Å². The minimum absolute atomic E-state index is 0.345. The van der Waals surface area contributed by atoms with Gasteiger partial charge >= 0.3 is 0 Å². The third-order valence-corrected chi connectivity index (χ3v) is 3.98. The first-order chi connectivity index (χ1) is 9.31. The van der Waals surface area contributed by atoms with Gasteiger partial charge in [0.2, 0.25) is 0 Å². The molecule has 5 nitrogen and oxygen atoms in total. The van der Waals surface area contributed by atoms with Gasteiger partial charge in [-0.2, -0.15) is 5.10 Å².